The van der Waals surface area contributed by atoms with E-state index in [4.69, 9.17) is 4.74 Å². The number of urea groups is 1. The van der Waals surface area contributed by atoms with E-state index in [2.05, 4.69) is 26.5 Å². The van der Waals surface area contributed by atoms with Gasteiger partial charge in [0.15, 0.2) is 4.90 Å². The van der Waals surface area contributed by atoms with E-state index in [-0.39, 0.29) is 29.2 Å². The average molecular weight is 482 g/mol. The Balaban J connectivity index is 0.00000245. The first kappa shape index (κ1) is 22.9. The van der Waals surface area contributed by atoms with Crippen LogP contribution >= 0.6 is 12.4 Å². The van der Waals surface area contributed by atoms with E-state index in [1.54, 1.807) is 0 Å². The van der Waals surface area contributed by atoms with Gasteiger partial charge in [-0.25, -0.2) is 22.6 Å². The van der Waals surface area contributed by atoms with Crippen molar-refractivity contribution in [2.45, 2.75) is 62.9 Å². The van der Waals surface area contributed by atoms with Crippen LogP contribution in [-0.4, -0.2) is 43.4 Å². The Morgan fingerprint density at radius 2 is 1.88 bits per heavy atom. The number of aryl methyl sites for hydroxylation is 2. The maximum atomic E-state index is 12.9. The minimum Gasteiger partial charge on any atom is -0.475 e. The zero-order chi connectivity index (χ0) is 21.6. The SMILES string of the molecule is CCN[C@@H]1COc2c(S(=O)(=O)NC(=O)Nc3c4c(cc5c3CCC5)CCC4)cnn2C1.Cl. The minimum absolute atomic E-state index is 0. The first-order valence-corrected chi connectivity index (χ1v) is 12.4. The van der Waals surface area contributed by atoms with Crippen LogP contribution in [0.15, 0.2) is 17.2 Å². The Bertz CT molecular complexity index is 1120. The van der Waals surface area contributed by atoms with Crippen molar-refractivity contribution in [3.8, 4) is 5.88 Å². The third-order valence-corrected chi connectivity index (χ3v) is 7.61. The number of nitrogens with one attached hydrogen (secondary N) is 3. The molecule has 9 nitrogen and oxygen atoms in total. The number of anilines is 1. The molecule has 5 rings (SSSR count). The molecule has 3 N–H and O–H groups in total. The smallest absolute Gasteiger partial charge is 0.333 e. The van der Waals surface area contributed by atoms with Gasteiger partial charge < -0.3 is 15.4 Å². The molecule has 0 fully saturated rings. The number of likely N-dealkylation sites (N-methyl/N-ethyl adjacent to an activating group) is 1. The summed E-state index contributed by atoms with van der Waals surface area (Å²) < 4.78 is 35.2. The predicted molar refractivity (Wildman–Crippen MR) is 122 cm³/mol. The molecule has 1 aliphatic heterocycles. The second kappa shape index (κ2) is 8.92. The average Bonchev–Trinajstić information content (AvgIpc) is 3.46. The largest absolute Gasteiger partial charge is 0.475 e. The van der Waals surface area contributed by atoms with Crippen LogP contribution in [0.2, 0.25) is 0 Å². The van der Waals surface area contributed by atoms with Crippen LogP contribution in [0.3, 0.4) is 0 Å². The van der Waals surface area contributed by atoms with E-state index in [0.29, 0.717) is 13.2 Å². The molecule has 32 heavy (non-hydrogen) atoms. The molecule has 0 unspecified atom stereocenters. The van der Waals surface area contributed by atoms with Crippen molar-refractivity contribution in [2.75, 3.05) is 18.5 Å². The number of halogens is 1. The first-order valence-electron chi connectivity index (χ1n) is 10.9. The molecule has 174 valence electrons. The van der Waals surface area contributed by atoms with Crippen LogP contribution in [0.5, 0.6) is 5.88 Å². The highest BCUT2D eigenvalue weighted by atomic mass is 35.5. The van der Waals surface area contributed by atoms with Crippen LogP contribution in [-0.2, 0) is 42.3 Å². The number of aromatic nitrogens is 2. The summed E-state index contributed by atoms with van der Waals surface area (Å²) in [5.41, 5.74) is 5.64. The van der Waals surface area contributed by atoms with E-state index >= 15 is 0 Å². The Labute approximate surface area is 193 Å². The highest BCUT2D eigenvalue weighted by molar-refractivity contribution is 7.90. The lowest BCUT2D eigenvalue weighted by atomic mass is 9.99. The van der Waals surface area contributed by atoms with Gasteiger partial charge in [0.1, 0.15) is 6.61 Å². The number of hydrogen-bond acceptors (Lipinski definition) is 6. The fourth-order valence-electron chi connectivity index (χ4n) is 4.95. The fraction of sp³-hybridized carbons (Fsp3) is 0.524. The van der Waals surface area contributed by atoms with Gasteiger partial charge >= 0.3 is 6.03 Å². The molecule has 0 bridgehead atoms. The number of fused-ring (bicyclic) bond motifs is 3. The van der Waals surface area contributed by atoms with Gasteiger partial charge in [0.25, 0.3) is 10.0 Å². The summed E-state index contributed by atoms with van der Waals surface area (Å²) in [5, 5.41) is 10.3. The lowest BCUT2D eigenvalue weighted by molar-refractivity contribution is 0.180. The van der Waals surface area contributed by atoms with Crippen LogP contribution < -0.4 is 20.1 Å². The summed E-state index contributed by atoms with van der Waals surface area (Å²) in [7, 11) is -4.13. The summed E-state index contributed by atoms with van der Waals surface area (Å²) in [6.45, 7) is 3.63. The number of amides is 2. The van der Waals surface area contributed by atoms with Crippen LogP contribution in [0.1, 0.15) is 42.0 Å². The summed E-state index contributed by atoms with van der Waals surface area (Å²) in [5.74, 6) is 0.163. The van der Waals surface area contributed by atoms with Crippen molar-refractivity contribution >= 4 is 34.1 Å². The number of nitrogens with zero attached hydrogens (tertiary/aromatic N) is 2. The number of rotatable bonds is 5. The fourth-order valence-corrected chi connectivity index (χ4v) is 5.94. The van der Waals surface area contributed by atoms with Crippen LogP contribution in [0.25, 0.3) is 0 Å². The highest BCUT2D eigenvalue weighted by Gasteiger charge is 2.31. The zero-order valence-electron chi connectivity index (χ0n) is 17.9. The molecule has 0 saturated carbocycles. The van der Waals surface area contributed by atoms with Crippen molar-refractivity contribution in [1.82, 2.24) is 19.8 Å². The lowest BCUT2D eigenvalue weighted by Crippen LogP contribution is -2.42. The zero-order valence-corrected chi connectivity index (χ0v) is 19.6. The highest BCUT2D eigenvalue weighted by Crippen LogP contribution is 2.38. The molecule has 1 atom stereocenters. The third kappa shape index (κ3) is 4.06. The van der Waals surface area contributed by atoms with Crippen molar-refractivity contribution in [3.05, 3.63) is 34.5 Å². The molecule has 0 saturated heterocycles. The second-order valence-electron chi connectivity index (χ2n) is 8.36. The first-order chi connectivity index (χ1) is 15.0. The Hall–Kier alpha value is -2.30. The van der Waals surface area contributed by atoms with E-state index in [9.17, 15) is 13.2 Å². The normalized spacial score (nSPS) is 18.7. The molecule has 11 heteroatoms. The number of benzene rings is 1. The minimum atomic E-state index is -4.13. The van der Waals surface area contributed by atoms with Gasteiger partial charge in [0, 0.05) is 5.69 Å². The molecular weight excluding hydrogens is 454 g/mol. The molecule has 2 heterocycles. The monoisotopic (exact) mass is 481 g/mol. The predicted octanol–water partition coefficient (Wildman–Crippen LogP) is 2.16. The Kier molecular flexibility index (Phi) is 6.37. The Morgan fingerprint density at radius 3 is 2.53 bits per heavy atom. The van der Waals surface area contributed by atoms with E-state index < -0.39 is 16.1 Å². The number of sulfonamides is 1. The molecule has 2 aromatic rings. The third-order valence-electron chi connectivity index (χ3n) is 6.30. The van der Waals surface area contributed by atoms with Gasteiger partial charge in [0.2, 0.25) is 5.88 Å². The molecular formula is C21H28ClN5O4S. The van der Waals surface area contributed by atoms with Gasteiger partial charge in [-0.3, -0.25) is 0 Å². The number of ether oxygens (including phenoxy) is 1. The molecule has 1 aromatic heterocycles. The topological polar surface area (TPSA) is 114 Å². The van der Waals surface area contributed by atoms with Crippen LogP contribution in [0, 0.1) is 0 Å². The van der Waals surface area contributed by atoms with Gasteiger partial charge in [-0.2, -0.15) is 5.10 Å². The number of hydrogen-bond donors (Lipinski definition) is 3. The summed E-state index contributed by atoms with van der Waals surface area (Å²) in [6, 6.07) is 1.57. The van der Waals surface area contributed by atoms with E-state index in [1.807, 2.05) is 6.92 Å². The lowest BCUT2D eigenvalue weighted by Gasteiger charge is -2.25. The molecule has 2 aliphatic carbocycles. The van der Waals surface area contributed by atoms with Gasteiger partial charge in [-0.15, -0.1) is 12.4 Å². The van der Waals surface area contributed by atoms with Gasteiger partial charge in [-0.1, -0.05) is 13.0 Å². The maximum absolute atomic E-state index is 12.9. The summed E-state index contributed by atoms with van der Waals surface area (Å²) in [6.07, 6.45) is 7.17. The van der Waals surface area contributed by atoms with Crippen molar-refractivity contribution in [3.63, 3.8) is 0 Å². The molecule has 1 aromatic carbocycles. The van der Waals surface area contributed by atoms with Crippen LogP contribution in [0.4, 0.5) is 10.5 Å². The van der Waals surface area contributed by atoms with Crippen molar-refractivity contribution < 1.29 is 17.9 Å². The van der Waals surface area contributed by atoms with Gasteiger partial charge in [-0.05, 0) is 67.3 Å². The van der Waals surface area contributed by atoms with E-state index in [0.717, 1.165) is 61.9 Å². The molecule has 0 spiro atoms. The number of carbonyl (C=O) groups excluding carboxylic acids is 1. The van der Waals surface area contributed by atoms with Crippen molar-refractivity contribution in [2.24, 2.45) is 0 Å². The molecule has 0 radical (unpaired) electrons. The van der Waals surface area contributed by atoms with Crippen molar-refractivity contribution in [1.29, 1.82) is 0 Å². The van der Waals surface area contributed by atoms with Gasteiger partial charge in [0.05, 0.1) is 18.8 Å². The molecule has 3 aliphatic rings. The second-order valence-corrected chi connectivity index (χ2v) is 10.0. The molecule has 2 amide bonds. The number of carbonyl (C=O) groups is 1. The quantitative estimate of drug-likeness (QED) is 0.603. The summed E-state index contributed by atoms with van der Waals surface area (Å²) >= 11 is 0. The summed E-state index contributed by atoms with van der Waals surface area (Å²) in [4.78, 5) is 12.6. The van der Waals surface area contributed by atoms with E-state index in [1.165, 1.54) is 22.0 Å². The standard InChI is InChI=1S/C21H27N5O4S.ClH/c1-2-22-15-11-26-20(30-12-15)18(10-23-26)31(28,29)25-21(27)24-19-16-7-3-5-13(16)9-14-6-4-8-17(14)19;/h9-10,15,22H,2-8,11-12H2,1H3,(H2,24,25,27);1H/t15-;/m0./s1. The Morgan fingerprint density at radius 1 is 1.19 bits per heavy atom. The maximum Gasteiger partial charge on any atom is 0.333 e.